The smallest absolute Gasteiger partial charge is 0.332 e. The first kappa shape index (κ1) is 22.3. The standard InChI is InChI=1S/C23H22ClN5OS/c1-15-3-9-19(10-4-15)25-22(30)29-28-16(2)17-5-11-20(12-6-17)26-23(31)27-21-13-7-18(24)8-14-21/h3-14H,1-2H3,(H2,25,29,30)(H2,26,27,31)/b28-16+. The highest BCUT2D eigenvalue weighted by Gasteiger charge is 2.04. The fourth-order valence-electron chi connectivity index (χ4n) is 2.62. The third kappa shape index (κ3) is 7.09. The summed E-state index contributed by atoms with van der Waals surface area (Å²) in [6.45, 7) is 3.81. The number of rotatable bonds is 5. The van der Waals surface area contributed by atoms with Crippen LogP contribution in [-0.2, 0) is 0 Å². The lowest BCUT2D eigenvalue weighted by Gasteiger charge is -2.11. The molecule has 0 saturated carbocycles. The van der Waals surface area contributed by atoms with Crippen LogP contribution in [0.1, 0.15) is 18.1 Å². The van der Waals surface area contributed by atoms with Crippen molar-refractivity contribution in [3.05, 3.63) is 88.9 Å². The van der Waals surface area contributed by atoms with Gasteiger partial charge in [-0.05, 0) is 80.2 Å². The van der Waals surface area contributed by atoms with E-state index < -0.39 is 6.03 Å². The number of hydrogen-bond acceptors (Lipinski definition) is 3. The van der Waals surface area contributed by atoms with Crippen molar-refractivity contribution in [3.63, 3.8) is 0 Å². The van der Waals surface area contributed by atoms with Crippen LogP contribution < -0.4 is 21.4 Å². The molecule has 0 atom stereocenters. The molecule has 31 heavy (non-hydrogen) atoms. The van der Waals surface area contributed by atoms with Crippen molar-refractivity contribution >= 4 is 57.7 Å². The van der Waals surface area contributed by atoms with Gasteiger partial charge in [0, 0.05) is 22.1 Å². The molecule has 0 bridgehead atoms. The fourth-order valence-corrected chi connectivity index (χ4v) is 2.98. The van der Waals surface area contributed by atoms with Crippen molar-refractivity contribution in [3.8, 4) is 0 Å². The van der Waals surface area contributed by atoms with Gasteiger partial charge in [-0.1, -0.05) is 41.4 Å². The highest BCUT2D eigenvalue weighted by atomic mass is 35.5. The van der Waals surface area contributed by atoms with Crippen LogP contribution in [0.4, 0.5) is 21.9 Å². The van der Waals surface area contributed by atoms with E-state index in [0.29, 0.717) is 21.5 Å². The second-order valence-electron chi connectivity index (χ2n) is 6.79. The number of hydrazone groups is 1. The number of aryl methyl sites for hydroxylation is 1. The molecule has 0 heterocycles. The van der Waals surface area contributed by atoms with E-state index in [1.54, 1.807) is 12.1 Å². The van der Waals surface area contributed by atoms with E-state index in [-0.39, 0.29) is 0 Å². The first-order chi connectivity index (χ1) is 14.9. The first-order valence-corrected chi connectivity index (χ1v) is 10.3. The summed E-state index contributed by atoms with van der Waals surface area (Å²) in [6, 6.07) is 22.0. The van der Waals surface area contributed by atoms with Crippen LogP contribution in [0, 0.1) is 6.92 Å². The Morgan fingerprint density at radius 2 is 1.29 bits per heavy atom. The third-order valence-electron chi connectivity index (χ3n) is 4.30. The molecule has 0 unspecified atom stereocenters. The summed E-state index contributed by atoms with van der Waals surface area (Å²) in [6.07, 6.45) is 0. The van der Waals surface area contributed by atoms with Gasteiger partial charge in [0.15, 0.2) is 5.11 Å². The number of thiocarbonyl (C=S) groups is 1. The van der Waals surface area contributed by atoms with Gasteiger partial charge in [-0.3, -0.25) is 0 Å². The molecule has 0 spiro atoms. The largest absolute Gasteiger partial charge is 0.339 e. The summed E-state index contributed by atoms with van der Waals surface area (Å²) in [5.74, 6) is 0. The van der Waals surface area contributed by atoms with Crippen LogP contribution in [0.2, 0.25) is 5.02 Å². The van der Waals surface area contributed by atoms with E-state index in [2.05, 4.69) is 26.5 Å². The Bertz CT molecular complexity index is 1080. The van der Waals surface area contributed by atoms with Gasteiger partial charge < -0.3 is 16.0 Å². The molecule has 0 aliphatic carbocycles. The van der Waals surface area contributed by atoms with E-state index in [0.717, 1.165) is 22.5 Å². The molecule has 3 aromatic rings. The number of nitrogens with one attached hydrogen (secondary N) is 4. The molecule has 2 amide bonds. The number of amides is 2. The van der Waals surface area contributed by atoms with Gasteiger partial charge in [0.1, 0.15) is 0 Å². The van der Waals surface area contributed by atoms with Gasteiger partial charge in [-0.15, -0.1) is 0 Å². The topological polar surface area (TPSA) is 77.5 Å². The first-order valence-electron chi connectivity index (χ1n) is 9.51. The van der Waals surface area contributed by atoms with E-state index in [4.69, 9.17) is 23.8 Å². The molecule has 3 aromatic carbocycles. The fraction of sp³-hybridized carbons (Fsp3) is 0.0870. The number of halogens is 1. The molecule has 8 heteroatoms. The van der Waals surface area contributed by atoms with Crippen LogP contribution in [0.5, 0.6) is 0 Å². The minimum atomic E-state index is -0.403. The van der Waals surface area contributed by atoms with E-state index in [9.17, 15) is 4.79 Å². The summed E-state index contributed by atoms with van der Waals surface area (Å²) in [5, 5.41) is 14.2. The van der Waals surface area contributed by atoms with Crippen molar-refractivity contribution in [1.29, 1.82) is 0 Å². The molecule has 0 aliphatic heterocycles. The monoisotopic (exact) mass is 451 g/mol. The van der Waals surface area contributed by atoms with E-state index >= 15 is 0 Å². The van der Waals surface area contributed by atoms with Crippen LogP contribution in [-0.4, -0.2) is 16.9 Å². The second kappa shape index (κ2) is 10.6. The summed E-state index contributed by atoms with van der Waals surface area (Å²) in [4.78, 5) is 12.0. The summed E-state index contributed by atoms with van der Waals surface area (Å²) in [7, 11) is 0. The quantitative estimate of drug-likeness (QED) is 0.218. The number of carbonyl (C=O) groups excluding carboxylic acids is 1. The van der Waals surface area contributed by atoms with Gasteiger partial charge >= 0.3 is 6.03 Å². The lowest BCUT2D eigenvalue weighted by atomic mass is 10.1. The SMILES string of the molecule is C/C(=N\NC(=O)Nc1ccc(C)cc1)c1ccc(NC(=S)Nc2ccc(Cl)cc2)cc1. The number of urea groups is 1. The van der Waals surface area contributed by atoms with Gasteiger partial charge in [-0.2, -0.15) is 5.10 Å². The van der Waals surface area contributed by atoms with Crippen LogP contribution in [0.25, 0.3) is 0 Å². The van der Waals surface area contributed by atoms with Crippen molar-refractivity contribution in [2.75, 3.05) is 16.0 Å². The predicted molar refractivity (Wildman–Crippen MR) is 133 cm³/mol. The van der Waals surface area contributed by atoms with Crippen molar-refractivity contribution < 1.29 is 4.79 Å². The number of benzene rings is 3. The Kier molecular flexibility index (Phi) is 7.59. The minimum Gasteiger partial charge on any atom is -0.332 e. The van der Waals surface area contributed by atoms with E-state index in [1.807, 2.05) is 74.5 Å². The molecule has 158 valence electrons. The molecule has 3 rings (SSSR count). The minimum absolute atomic E-state index is 0.403. The Morgan fingerprint density at radius 1 is 0.806 bits per heavy atom. The highest BCUT2D eigenvalue weighted by molar-refractivity contribution is 7.80. The second-order valence-corrected chi connectivity index (χ2v) is 7.64. The van der Waals surface area contributed by atoms with Crippen LogP contribution in [0.15, 0.2) is 77.9 Å². The average molecular weight is 452 g/mol. The molecule has 0 fully saturated rings. The van der Waals surface area contributed by atoms with Crippen molar-refractivity contribution in [1.82, 2.24) is 5.43 Å². The summed E-state index contributed by atoms with van der Waals surface area (Å²) >= 11 is 11.2. The maximum atomic E-state index is 12.0. The molecule has 0 saturated heterocycles. The predicted octanol–water partition coefficient (Wildman–Crippen LogP) is 6.00. The zero-order chi connectivity index (χ0) is 22.2. The van der Waals surface area contributed by atoms with Crippen molar-refractivity contribution in [2.45, 2.75) is 13.8 Å². The Morgan fingerprint density at radius 3 is 1.87 bits per heavy atom. The van der Waals surface area contributed by atoms with Gasteiger partial charge in [0.25, 0.3) is 0 Å². The van der Waals surface area contributed by atoms with Gasteiger partial charge in [0.05, 0.1) is 5.71 Å². The Labute approximate surface area is 191 Å². The number of anilines is 3. The van der Waals surface area contributed by atoms with Gasteiger partial charge in [0.2, 0.25) is 0 Å². The maximum absolute atomic E-state index is 12.0. The molecular weight excluding hydrogens is 430 g/mol. The van der Waals surface area contributed by atoms with Crippen LogP contribution >= 0.6 is 23.8 Å². The van der Waals surface area contributed by atoms with Gasteiger partial charge in [-0.25, -0.2) is 10.2 Å². The Hall–Kier alpha value is -3.42. The zero-order valence-corrected chi connectivity index (χ0v) is 18.6. The number of nitrogens with zero attached hydrogens (tertiary/aromatic N) is 1. The lowest BCUT2D eigenvalue weighted by Crippen LogP contribution is -2.25. The third-order valence-corrected chi connectivity index (χ3v) is 4.75. The number of hydrogen-bond donors (Lipinski definition) is 4. The molecule has 6 nitrogen and oxygen atoms in total. The van der Waals surface area contributed by atoms with Crippen LogP contribution in [0.3, 0.4) is 0 Å². The molecule has 0 aliphatic rings. The maximum Gasteiger partial charge on any atom is 0.339 e. The van der Waals surface area contributed by atoms with E-state index in [1.165, 1.54) is 0 Å². The average Bonchev–Trinajstić information content (AvgIpc) is 2.76. The zero-order valence-electron chi connectivity index (χ0n) is 17.1. The molecule has 4 N–H and O–H groups in total. The van der Waals surface area contributed by atoms with Crippen molar-refractivity contribution in [2.24, 2.45) is 5.10 Å². The summed E-state index contributed by atoms with van der Waals surface area (Å²) in [5.41, 5.74) is 7.55. The summed E-state index contributed by atoms with van der Waals surface area (Å²) < 4.78 is 0. The molecule has 0 radical (unpaired) electrons. The number of carbonyl (C=O) groups is 1. The highest BCUT2D eigenvalue weighted by Crippen LogP contribution is 2.15. The normalized spacial score (nSPS) is 10.9. The lowest BCUT2D eigenvalue weighted by molar-refractivity contribution is 0.252. The molecule has 0 aromatic heterocycles. The molecular formula is C23H22ClN5OS. The Balaban J connectivity index is 1.52.